The Hall–Kier alpha value is -2.43. The molecule has 0 aliphatic heterocycles. The van der Waals surface area contributed by atoms with Crippen LogP contribution in [-0.4, -0.2) is 9.97 Å². The van der Waals surface area contributed by atoms with Gasteiger partial charge in [0, 0.05) is 15.6 Å². The maximum Gasteiger partial charge on any atom is 0.142 e. The third-order valence-electron chi connectivity index (χ3n) is 4.00. The van der Waals surface area contributed by atoms with Crippen LogP contribution in [-0.2, 0) is 0 Å². The van der Waals surface area contributed by atoms with E-state index in [4.69, 9.17) is 11.6 Å². The van der Waals surface area contributed by atoms with Crippen LogP contribution in [0.4, 0.5) is 11.5 Å². The van der Waals surface area contributed by atoms with Gasteiger partial charge in [0.1, 0.15) is 16.5 Å². The molecule has 1 N–H and O–H groups in total. The van der Waals surface area contributed by atoms with Gasteiger partial charge in [0.25, 0.3) is 0 Å². The van der Waals surface area contributed by atoms with Crippen molar-refractivity contribution in [3.63, 3.8) is 0 Å². The molecule has 25 heavy (non-hydrogen) atoms. The van der Waals surface area contributed by atoms with Crippen LogP contribution in [0.3, 0.4) is 0 Å². The first kappa shape index (κ1) is 16.1. The number of aryl methyl sites for hydroxylation is 2. The summed E-state index contributed by atoms with van der Waals surface area (Å²) < 4.78 is 0. The molecule has 0 saturated heterocycles. The molecular weight excluding hydrogens is 350 g/mol. The highest BCUT2D eigenvalue weighted by molar-refractivity contribution is 7.21. The molecule has 0 saturated carbocycles. The molecule has 0 spiro atoms. The number of nitrogens with one attached hydrogen (secondary N) is 1. The maximum absolute atomic E-state index is 6.06. The first-order chi connectivity index (χ1) is 12.1. The molecule has 0 radical (unpaired) electrons. The minimum Gasteiger partial charge on any atom is -0.339 e. The van der Waals surface area contributed by atoms with Crippen LogP contribution in [0.1, 0.15) is 11.4 Å². The monoisotopic (exact) mass is 365 g/mol. The first-order valence-corrected chi connectivity index (χ1v) is 9.16. The lowest BCUT2D eigenvalue weighted by atomic mass is 10.1. The fraction of sp³-hybridized carbons (Fsp3) is 0.100. The Kier molecular flexibility index (Phi) is 4.15. The zero-order chi connectivity index (χ0) is 17.4. The van der Waals surface area contributed by atoms with Gasteiger partial charge >= 0.3 is 0 Å². The predicted molar refractivity (Wildman–Crippen MR) is 107 cm³/mol. The zero-order valence-electron chi connectivity index (χ0n) is 13.9. The number of fused-ring (bicyclic) bond motifs is 1. The molecule has 0 unspecified atom stereocenters. The van der Waals surface area contributed by atoms with E-state index in [9.17, 15) is 0 Å². The van der Waals surface area contributed by atoms with Crippen LogP contribution in [0.15, 0.2) is 54.6 Å². The van der Waals surface area contributed by atoms with Gasteiger partial charge in [0.15, 0.2) is 0 Å². The quantitative estimate of drug-likeness (QED) is 0.458. The Morgan fingerprint density at radius 2 is 1.76 bits per heavy atom. The maximum atomic E-state index is 6.06. The molecule has 2 heterocycles. The number of halogens is 1. The van der Waals surface area contributed by atoms with Crippen molar-refractivity contribution < 1.29 is 0 Å². The molecule has 2 aromatic carbocycles. The molecule has 2 aromatic heterocycles. The molecule has 4 aromatic rings. The van der Waals surface area contributed by atoms with Gasteiger partial charge in [-0.15, -0.1) is 11.3 Å². The van der Waals surface area contributed by atoms with Crippen molar-refractivity contribution in [1.29, 1.82) is 0 Å². The summed E-state index contributed by atoms with van der Waals surface area (Å²) in [7, 11) is 0. The number of aromatic nitrogens is 2. The summed E-state index contributed by atoms with van der Waals surface area (Å²) in [5.41, 5.74) is 3.27. The summed E-state index contributed by atoms with van der Waals surface area (Å²) >= 11 is 7.74. The fourth-order valence-corrected chi connectivity index (χ4v) is 4.07. The largest absolute Gasteiger partial charge is 0.339 e. The third-order valence-corrected chi connectivity index (χ3v) is 5.32. The Morgan fingerprint density at radius 1 is 0.960 bits per heavy atom. The van der Waals surface area contributed by atoms with E-state index in [2.05, 4.69) is 33.5 Å². The second-order valence-corrected chi connectivity index (χ2v) is 7.37. The highest BCUT2D eigenvalue weighted by Gasteiger charge is 2.12. The number of nitrogens with zero attached hydrogens (tertiary/aromatic N) is 2. The van der Waals surface area contributed by atoms with Gasteiger partial charge in [0.05, 0.1) is 5.39 Å². The van der Waals surface area contributed by atoms with Gasteiger partial charge in [-0.3, -0.25) is 0 Å². The summed E-state index contributed by atoms with van der Waals surface area (Å²) in [4.78, 5) is 11.4. The highest BCUT2D eigenvalue weighted by atomic mass is 35.5. The Bertz CT molecular complexity index is 1060. The summed E-state index contributed by atoms with van der Waals surface area (Å²) in [5, 5.41) is 5.21. The van der Waals surface area contributed by atoms with Crippen LogP contribution in [0.5, 0.6) is 0 Å². The lowest BCUT2D eigenvalue weighted by Gasteiger charge is -2.10. The standard InChI is InChI=1S/C20H16ClN3S/c1-12-10-15(21)8-9-17(12)24-19-16-11-18(14-6-4-3-5-7-14)25-20(16)23-13(2)22-19/h3-11H,1-2H3,(H,22,23,24). The van der Waals surface area contributed by atoms with Gasteiger partial charge in [-0.25, -0.2) is 9.97 Å². The SMILES string of the molecule is Cc1nc(Nc2ccc(Cl)cc2C)c2cc(-c3ccccc3)sc2n1. The molecular formula is C20H16ClN3S. The smallest absolute Gasteiger partial charge is 0.142 e. The van der Waals surface area contributed by atoms with E-state index in [-0.39, 0.29) is 0 Å². The number of rotatable bonds is 3. The van der Waals surface area contributed by atoms with Gasteiger partial charge in [-0.05, 0) is 49.2 Å². The van der Waals surface area contributed by atoms with E-state index in [1.807, 2.05) is 50.2 Å². The van der Waals surface area contributed by atoms with Crippen LogP contribution in [0, 0.1) is 13.8 Å². The van der Waals surface area contributed by atoms with Crippen LogP contribution < -0.4 is 5.32 Å². The van der Waals surface area contributed by atoms with E-state index in [0.717, 1.165) is 38.1 Å². The minimum absolute atomic E-state index is 0.731. The Labute approximate surface area is 155 Å². The number of hydrogen-bond donors (Lipinski definition) is 1. The molecule has 0 bridgehead atoms. The van der Waals surface area contributed by atoms with E-state index >= 15 is 0 Å². The highest BCUT2D eigenvalue weighted by Crippen LogP contribution is 2.36. The van der Waals surface area contributed by atoms with Gasteiger partial charge in [-0.1, -0.05) is 41.9 Å². The molecule has 4 rings (SSSR count). The van der Waals surface area contributed by atoms with Crippen molar-refractivity contribution in [2.75, 3.05) is 5.32 Å². The molecule has 0 aliphatic carbocycles. The van der Waals surface area contributed by atoms with E-state index in [1.165, 1.54) is 10.4 Å². The van der Waals surface area contributed by atoms with Crippen molar-refractivity contribution in [2.24, 2.45) is 0 Å². The normalized spacial score (nSPS) is 11.0. The topological polar surface area (TPSA) is 37.8 Å². The summed E-state index contributed by atoms with van der Waals surface area (Å²) in [5.74, 6) is 1.58. The van der Waals surface area contributed by atoms with Gasteiger partial charge in [-0.2, -0.15) is 0 Å². The first-order valence-electron chi connectivity index (χ1n) is 7.97. The van der Waals surface area contributed by atoms with Crippen molar-refractivity contribution in [3.8, 4) is 10.4 Å². The van der Waals surface area contributed by atoms with Gasteiger partial charge < -0.3 is 5.32 Å². The van der Waals surface area contributed by atoms with E-state index in [1.54, 1.807) is 11.3 Å². The van der Waals surface area contributed by atoms with Crippen LogP contribution in [0.2, 0.25) is 5.02 Å². The molecule has 124 valence electrons. The number of anilines is 2. The summed E-state index contributed by atoms with van der Waals surface area (Å²) in [6.45, 7) is 3.95. The fourth-order valence-electron chi connectivity index (χ4n) is 2.76. The lowest BCUT2D eigenvalue weighted by molar-refractivity contribution is 1.10. The summed E-state index contributed by atoms with van der Waals surface area (Å²) in [6.07, 6.45) is 0. The van der Waals surface area contributed by atoms with E-state index < -0.39 is 0 Å². The van der Waals surface area contributed by atoms with Crippen molar-refractivity contribution in [1.82, 2.24) is 9.97 Å². The molecule has 0 amide bonds. The number of thiophene rings is 1. The molecule has 3 nitrogen and oxygen atoms in total. The predicted octanol–water partition coefficient (Wildman–Crippen LogP) is 6.37. The summed E-state index contributed by atoms with van der Waals surface area (Å²) in [6, 6.07) is 18.3. The second kappa shape index (κ2) is 6.47. The number of hydrogen-bond acceptors (Lipinski definition) is 4. The Morgan fingerprint density at radius 3 is 2.52 bits per heavy atom. The molecule has 5 heteroatoms. The van der Waals surface area contributed by atoms with Crippen LogP contribution in [0.25, 0.3) is 20.7 Å². The lowest BCUT2D eigenvalue weighted by Crippen LogP contribution is -1.99. The average molecular weight is 366 g/mol. The zero-order valence-corrected chi connectivity index (χ0v) is 15.4. The molecule has 0 atom stereocenters. The van der Waals surface area contributed by atoms with Crippen molar-refractivity contribution in [2.45, 2.75) is 13.8 Å². The van der Waals surface area contributed by atoms with Crippen LogP contribution >= 0.6 is 22.9 Å². The van der Waals surface area contributed by atoms with E-state index in [0.29, 0.717) is 0 Å². The second-order valence-electron chi connectivity index (χ2n) is 5.90. The molecule has 0 fully saturated rings. The Balaban J connectivity index is 1.82. The molecule has 0 aliphatic rings. The third kappa shape index (κ3) is 3.23. The van der Waals surface area contributed by atoms with Crippen molar-refractivity contribution >= 4 is 44.7 Å². The average Bonchev–Trinajstić information content (AvgIpc) is 3.02. The number of benzene rings is 2. The minimum atomic E-state index is 0.731. The van der Waals surface area contributed by atoms with Gasteiger partial charge in [0.2, 0.25) is 0 Å². The van der Waals surface area contributed by atoms with Crippen molar-refractivity contribution in [3.05, 3.63) is 71.0 Å².